The van der Waals surface area contributed by atoms with Crippen LogP contribution in [0.15, 0.2) is 29.1 Å². The molecule has 1 N–H and O–H groups in total. The molecule has 1 aromatic heterocycles. The van der Waals surface area contributed by atoms with Gasteiger partial charge in [0.05, 0.1) is 24.7 Å². The second-order valence-electron chi connectivity index (χ2n) is 7.93. The molecule has 2 amide bonds. The van der Waals surface area contributed by atoms with Crippen molar-refractivity contribution in [2.24, 2.45) is 0 Å². The van der Waals surface area contributed by atoms with Gasteiger partial charge in [-0.3, -0.25) is 14.4 Å². The molecule has 0 saturated carbocycles. The first kappa shape index (κ1) is 20.3. The summed E-state index contributed by atoms with van der Waals surface area (Å²) in [5.41, 5.74) is 1.36. The number of aromatic nitrogens is 2. The normalized spacial score (nSPS) is 18.8. The number of nitrogens with zero attached hydrogens (tertiary/aromatic N) is 3. The Kier molecular flexibility index (Phi) is 5.65. The number of hydrogen-bond acceptors (Lipinski definition) is 4. The third-order valence-corrected chi connectivity index (χ3v) is 5.98. The van der Waals surface area contributed by atoms with E-state index in [9.17, 15) is 18.8 Å². The van der Waals surface area contributed by atoms with Crippen molar-refractivity contribution in [2.75, 3.05) is 13.1 Å². The summed E-state index contributed by atoms with van der Waals surface area (Å²) in [6, 6.07) is 5.91. The zero-order valence-electron chi connectivity index (χ0n) is 17.0. The molecule has 0 aliphatic carbocycles. The van der Waals surface area contributed by atoms with Crippen molar-refractivity contribution < 1.29 is 14.0 Å². The van der Waals surface area contributed by atoms with Gasteiger partial charge in [-0.05, 0) is 37.3 Å². The van der Waals surface area contributed by atoms with Gasteiger partial charge >= 0.3 is 0 Å². The van der Waals surface area contributed by atoms with Crippen LogP contribution in [0.1, 0.15) is 54.9 Å². The van der Waals surface area contributed by atoms with E-state index in [2.05, 4.69) is 9.97 Å². The Hall–Kier alpha value is -3.03. The van der Waals surface area contributed by atoms with Crippen LogP contribution in [-0.4, -0.2) is 44.7 Å². The van der Waals surface area contributed by atoms with Crippen LogP contribution < -0.4 is 5.56 Å². The average molecular weight is 412 g/mol. The maximum atomic E-state index is 14.0. The topological polar surface area (TPSA) is 86.4 Å². The van der Waals surface area contributed by atoms with E-state index in [1.807, 2.05) is 0 Å². The van der Waals surface area contributed by atoms with Gasteiger partial charge in [0.15, 0.2) is 0 Å². The van der Waals surface area contributed by atoms with E-state index in [4.69, 9.17) is 0 Å². The van der Waals surface area contributed by atoms with Gasteiger partial charge in [-0.1, -0.05) is 18.2 Å². The molecule has 30 heavy (non-hydrogen) atoms. The van der Waals surface area contributed by atoms with Gasteiger partial charge in [0.25, 0.3) is 5.56 Å². The lowest BCUT2D eigenvalue weighted by atomic mass is 9.99. The quantitative estimate of drug-likeness (QED) is 0.837. The highest BCUT2D eigenvalue weighted by molar-refractivity contribution is 5.79. The predicted octanol–water partition coefficient (Wildman–Crippen LogP) is 2.11. The summed E-state index contributed by atoms with van der Waals surface area (Å²) in [4.78, 5) is 48.3. The monoisotopic (exact) mass is 412 g/mol. The van der Waals surface area contributed by atoms with Gasteiger partial charge in [-0.2, -0.15) is 0 Å². The number of likely N-dealkylation sites (tertiary alicyclic amines) is 1. The fraction of sp³-hybridized carbons (Fsp3) is 0.455. The fourth-order valence-corrected chi connectivity index (χ4v) is 4.31. The van der Waals surface area contributed by atoms with Crippen molar-refractivity contribution in [3.8, 4) is 0 Å². The van der Waals surface area contributed by atoms with E-state index in [0.29, 0.717) is 55.1 Å². The zero-order chi connectivity index (χ0) is 21.3. The van der Waals surface area contributed by atoms with Crippen LogP contribution in [0.4, 0.5) is 4.39 Å². The number of H-pyrrole nitrogens is 1. The van der Waals surface area contributed by atoms with Crippen LogP contribution in [0.25, 0.3) is 0 Å². The van der Waals surface area contributed by atoms with Crippen LogP contribution in [0, 0.1) is 5.82 Å². The zero-order valence-corrected chi connectivity index (χ0v) is 17.0. The molecule has 2 aliphatic heterocycles. The Labute approximate surface area is 173 Å². The van der Waals surface area contributed by atoms with Gasteiger partial charge in [0.2, 0.25) is 11.8 Å². The van der Waals surface area contributed by atoms with Crippen molar-refractivity contribution in [1.29, 1.82) is 0 Å². The molecular formula is C22H25FN4O3. The van der Waals surface area contributed by atoms with E-state index >= 15 is 0 Å². The number of fused-ring (bicyclic) bond motifs is 1. The van der Waals surface area contributed by atoms with E-state index in [1.54, 1.807) is 28.0 Å². The van der Waals surface area contributed by atoms with Crippen LogP contribution in [-0.2, 0) is 29.0 Å². The number of carbonyl (C=O) groups excluding carboxylic acids is 2. The summed E-state index contributed by atoms with van der Waals surface area (Å²) < 4.78 is 14.0. The second-order valence-corrected chi connectivity index (χ2v) is 7.93. The Morgan fingerprint density at radius 3 is 2.80 bits per heavy atom. The summed E-state index contributed by atoms with van der Waals surface area (Å²) in [6.07, 6.45) is 2.89. The number of benzene rings is 1. The molecule has 0 radical (unpaired) electrons. The molecule has 1 fully saturated rings. The fourth-order valence-electron chi connectivity index (χ4n) is 4.31. The van der Waals surface area contributed by atoms with Crippen LogP contribution >= 0.6 is 0 Å². The van der Waals surface area contributed by atoms with Crippen molar-refractivity contribution in [2.45, 2.75) is 51.6 Å². The van der Waals surface area contributed by atoms with Gasteiger partial charge in [0, 0.05) is 25.6 Å². The van der Waals surface area contributed by atoms with Crippen molar-refractivity contribution in [1.82, 2.24) is 19.8 Å². The summed E-state index contributed by atoms with van der Waals surface area (Å²) in [5, 5.41) is 0. The number of rotatable bonds is 3. The molecule has 0 bridgehead atoms. The van der Waals surface area contributed by atoms with E-state index < -0.39 is 5.82 Å². The first-order chi connectivity index (χ1) is 14.4. The molecule has 3 heterocycles. The Morgan fingerprint density at radius 2 is 2.03 bits per heavy atom. The lowest BCUT2D eigenvalue weighted by molar-refractivity contribution is -0.134. The lowest BCUT2D eigenvalue weighted by Crippen LogP contribution is -2.42. The largest absolute Gasteiger partial charge is 0.337 e. The van der Waals surface area contributed by atoms with Crippen LogP contribution in [0.3, 0.4) is 0 Å². The minimum Gasteiger partial charge on any atom is -0.337 e. The molecule has 1 saturated heterocycles. The van der Waals surface area contributed by atoms with E-state index in [-0.39, 0.29) is 29.8 Å². The molecule has 158 valence electrons. The van der Waals surface area contributed by atoms with Crippen molar-refractivity contribution >= 4 is 11.8 Å². The average Bonchev–Trinajstić information content (AvgIpc) is 2.74. The standard InChI is InChI=1S/C22H25FN4O3/c1-14(28)26-11-9-16-18(13-26)24-21(25-22(16)30)19-8-4-5-10-27(19)20(29)12-15-6-2-3-7-17(15)23/h2-3,6-7,19H,4-5,8-13H2,1H3,(H,24,25,30)/t19-/m1/s1. The van der Waals surface area contributed by atoms with Crippen LogP contribution in [0.2, 0.25) is 0 Å². The molecule has 1 aromatic carbocycles. The Morgan fingerprint density at radius 1 is 1.23 bits per heavy atom. The van der Waals surface area contributed by atoms with Gasteiger partial charge in [0.1, 0.15) is 11.6 Å². The first-order valence-corrected chi connectivity index (χ1v) is 10.3. The molecule has 2 aromatic rings. The predicted molar refractivity (Wildman–Crippen MR) is 108 cm³/mol. The SMILES string of the molecule is CC(=O)N1CCc2c(nc([C@H]3CCCCN3C(=O)Cc3ccccc3F)[nH]c2=O)C1. The molecule has 2 aliphatic rings. The number of aromatic amines is 1. The minimum atomic E-state index is -0.399. The van der Waals surface area contributed by atoms with Crippen molar-refractivity contribution in [3.63, 3.8) is 0 Å². The smallest absolute Gasteiger partial charge is 0.254 e. The maximum absolute atomic E-state index is 14.0. The number of amides is 2. The molecular weight excluding hydrogens is 387 g/mol. The summed E-state index contributed by atoms with van der Waals surface area (Å²) in [6.45, 7) is 2.85. The Balaban J connectivity index is 1.61. The summed E-state index contributed by atoms with van der Waals surface area (Å²) in [7, 11) is 0. The third kappa shape index (κ3) is 3.99. The second kappa shape index (κ2) is 8.38. The number of hydrogen-bond donors (Lipinski definition) is 1. The van der Waals surface area contributed by atoms with Gasteiger partial charge in [-0.15, -0.1) is 0 Å². The highest BCUT2D eigenvalue weighted by atomic mass is 19.1. The first-order valence-electron chi connectivity index (χ1n) is 10.3. The van der Waals surface area contributed by atoms with E-state index in [0.717, 1.165) is 12.8 Å². The highest BCUT2D eigenvalue weighted by Crippen LogP contribution is 2.30. The summed E-state index contributed by atoms with van der Waals surface area (Å²) in [5.74, 6) is -0.186. The molecule has 7 nitrogen and oxygen atoms in total. The third-order valence-electron chi connectivity index (χ3n) is 5.98. The van der Waals surface area contributed by atoms with Gasteiger partial charge < -0.3 is 14.8 Å². The van der Waals surface area contributed by atoms with E-state index in [1.165, 1.54) is 13.0 Å². The minimum absolute atomic E-state index is 0.0313. The molecule has 0 spiro atoms. The maximum Gasteiger partial charge on any atom is 0.254 e. The van der Waals surface area contributed by atoms with Crippen molar-refractivity contribution in [3.05, 3.63) is 63.1 Å². The molecule has 1 atom stereocenters. The highest BCUT2D eigenvalue weighted by Gasteiger charge is 2.32. The number of halogens is 1. The Bertz CT molecular complexity index is 1040. The number of piperidine rings is 1. The van der Waals surface area contributed by atoms with Gasteiger partial charge in [-0.25, -0.2) is 9.37 Å². The molecule has 0 unspecified atom stereocenters. The number of nitrogens with one attached hydrogen (secondary N) is 1. The lowest BCUT2D eigenvalue weighted by Gasteiger charge is -2.36. The summed E-state index contributed by atoms with van der Waals surface area (Å²) >= 11 is 0. The molecule has 4 rings (SSSR count). The van der Waals surface area contributed by atoms with Crippen LogP contribution in [0.5, 0.6) is 0 Å². The molecule has 8 heteroatoms. The number of carbonyl (C=O) groups is 2.